The minimum Gasteiger partial charge on any atom is -0.301 e. The summed E-state index contributed by atoms with van der Waals surface area (Å²) in [6.45, 7) is 21.0. The summed E-state index contributed by atoms with van der Waals surface area (Å²) >= 11 is 0. The van der Waals surface area contributed by atoms with E-state index in [2.05, 4.69) is 68.7 Å². The summed E-state index contributed by atoms with van der Waals surface area (Å²) in [5.41, 5.74) is -0.152. The first kappa shape index (κ1) is 21.8. The first-order valence-corrected chi connectivity index (χ1v) is 10.2. The van der Waals surface area contributed by atoms with Crippen molar-refractivity contribution in [3.63, 3.8) is 0 Å². The van der Waals surface area contributed by atoms with Gasteiger partial charge in [-0.2, -0.15) is 10.0 Å². The molecule has 144 valence electrons. The zero-order valence-corrected chi connectivity index (χ0v) is 17.3. The molecule has 1 aliphatic heterocycles. The molecule has 0 bridgehead atoms. The molecular weight excluding hydrogens is 300 g/mol. The Kier molecular flexibility index (Phi) is 9.75. The second kappa shape index (κ2) is 10.7. The van der Waals surface area contributed by atoms with Crippen LogP contribution in [0, 0.1) is 0 Å². The monoisotopic (exact) mass is 342 g/mol. The van der Waals surface area contributed by atoms with Crippen LogP contribution in [0.15, 0.2) is 0 Å². The Morgan fingerprint density at radius 2 is 1.42 bits per heavy atom. The standard InChI is InChI=1S/C19H42N4O/c1-8-13-15-21-18(6)22(16-14-9-2)23(21)24-19(7,10-3)17-20(11-4)12-5/h18H,8-17H2,1-7H3. The quantitative estimate of drug-likeness (QED) is 0.501. The number of rotatable bonds is 13. The van der Waals surface area contributed by atoms with Gasteiger partial charge in [-0.1, -0.05) is 47.5 Å². The lowest BCUT2D eigenvalue weighted by atomic mass is 10.0. The van der Waals surface area contributed by atoms with Crippen LogP contribution in [0.1, 0.15) is 80.6 Å². The fraction of sp³-hybridized carbons (Fsp3) is 1.00. The van der Waals surface area contributed by atoms with E-state index < -0.39 is 0 Å². The second-order valence-corrected chi connectivity index (χ2v) is 7.27. The molecule has 1 heterocycles. The molecule has 0 spiro atoms. The van der Waals surface area contributed by atoms with Gasteiger partial charge in [-0.3, -0.25) is 4.84 Å². The first-order valence-electron chi connectivity index (χ1n) is 10.2. The minimum absolute atomic E-state index is 0.152. The summed E-state index contributed by atoms with van der Waals surface area (Å²) in [4.78, 5) is 9.05. The lowest BCUT2D eigenvalue weighted by Crippen LogP contribution is -2.75. The maximum Gasteiger partial charge on any atom is 0.103 e. The number of nitrogens with zero attached hydrogens (tertiary/aromatic N) is 4. The molecule has 1 atom stereocenters. The van der Waals surface area contributed by atoms with Crippen LogP contribution in [0.5, 0.6) is 0 Å². The van der Waals surface area contributed by atoms with Crippen molar-refractivity contribution in [3.05, 3.63) is 0 Å². The number of likely N-dealkylation sites (N-methyl/N-ethyl adjacent to an activating group) is 1. The topological polar surface area (TPSA) is 22.2 Å². The molecule has 0 radical (unpaired) electrons. The van der Waals surface area contributed by atoms with E-state index in [1.54, 1.807) is 0 Å². The Bertz CT molecular complexity index is 321. The molecule has 1 saturated heterocycles. The van der Waals surface area contributed by atoms with E-state index in [4.69, 9.17) is 4.84 Å². The SMILES string of the molecule is CCCCN1C(C)N(CCCC)N1OC(C)(CC)CN(CC)CC. The van der Waals surface area contributed by atoms with Crippen molar-refractivity contribution in [2.45, 2.75) is 92.3 Å². The van der Waals surface area contributed by atoms with Crippen molar-refractivity contribution >= 4 is 0 Å². The molecule has 1 rings (SSSR count). The van der Waals surface area contributed by atoms with Gasteiger partial charge in [-0.25, -0.2) is 0 Å². The van der Waals surface area contributed by atoms with E-state index in [0.29, 0.717) is 6.17 Å². The molecule has 0 aromatic carbocycles. The molecule has 0 amide bonds. The van der Waals surface area contributed by atoms with Gasteiger partial charge >= 0.3 is 0 Å². The minimum atomic E-state index is -0.152. The fourth-order valence-corrected chi connectivity index (χ4v) is 3.15. The van der Waals surface area contributed by atoms with Gasteiger partial charge in [0.25, 0.3) is 0 Å². The normalized spacial score (nSPS) is 20.5. The van der Waals surface area contributed by atoms with Crippen molar-refractivity contribution in [1.29, 1.82) is 0 Å². The van der Waals surface area contributed by atoms with Crippen LogP contribution in [0.2, 0.25) is 0 Å². The Balaban J connectivity index is 2.77. The van der Waals surface area contributed by atoms with E-state index >= 15 is 0 Å². The van der Waals surface area contributed by atoms with E-state index in [9.17, 15) is 0 Å². The molecule has 24 heavy (non-hydrogen) atoms. The Hall–Kier alpha value is -0.200. The molecule has 0 N–H and O–H groups in total. The summed E-state index contributed by atoms with van der Waals surface area (Å²) < 4.78 is 0. The van der Waals surface area contributed by atoms with Crippen LogP contribution in [0.25, 0.3) is 0 Å². The molecule has 0 saturated carbocycles. The summed E-state index contributed by atoms with van der Waals surface area (Å²) in [7, 11) is 0. The average Bonchev–Trinajstić information content (AvgIpc) is 2.59. The number of hydrogen-bond acceptors (Lipinski definition) is 5. The average molecular weight is 343 g/mol. The lowest BCUT2D eigenvalue weighted by Gasteiger charge is -2.58. The van der Waals surface area contributed by atoms with E-state index in [-0.39, 0.29) is 5.60 Å². The number of hydrazine groups is 2. The van der Waals surface area contributed by atoms with Gasteiger partial charge < -0.3 is 4.90 Å². The van der Waals surface area contributed by atoms with Crippen LogP contribution < -0.4 is 0 Å². The Morgan fingerprint density at radius 3 is 1.79 bits per heavy atom. The second-order valence-electron chi connectivity index (χ2n) is 7.27. The Morgan fingerprint density at radius 1 is 0.917 bits per heavy atom. The summed E-state index contributed by atoms with van der Waals surface area (Å²) in [6.07, 6.45) is 6.32. The summed E-state index contributed by atoms with van der Waals surface area (Å²) in [5, 5.41) is 6.85. The molecule has 5 heteroatoms. The van der Waals surface area contributed by atoms with Crippen molar-refractivity contribution in [3.8, 4) is 0 Å². The van der Waals surface area contributed by atoms with Crippen LogP contribution in [0.4, 0.5) is 0 Å². The maximum atomic E-state index is 6.59. The Labute approximate surface area is 150 Å². The third-order valence-electron chi connectivity index (χ3n) is 5.29. The maximum absolute atomic E-state index is 6.59. The number of unbranched alkanes of at least 4 members (excludes halogenated alkanes) is 2. The van der Waals surface area contributed by atoms with Gasteiger partial charge in [0.05, 0.1) is 6.17 Å². The summed E-state index contributed by atoms with van der Waals surface area (Å²) in [6, 6.07) is 0. The molecule has 1 fully saturated rings. The predicted octanol–water partition coefficient (Wildman–Crippen LogP) is 4.12. The van der Waals surface area contributed by atoms with E-state index in [0.717, 1.165) is 39.1 Å². The zero-order valence-electron chi connectivity index (χ0n) is 17.3. The highest BCUT2D eigenvalue weighted by molar-refractivity contribution is 4.80. The highest BCUT2D eigenvalue weighted by Crippen LogP contribution is 2.31. The van der Waals surface area contributed by atoms with Crippen molar-refractivity contribution in [2.24, 2.45) is 0 Å². The van der Waals surface area contributed by atoms with Crippen molar-refractivity contribution < 1.29 is 4.84 Å². The van der Waals surface area contributed by atoms with Crippen LogP contribution in [0.3, 0.4) is 0 Å². The first-order chi connectivity index (χ1) is 11.5. The van der Waals surface area contributed by atoms with Gasteiger partial charge in [-0.05, 0) is 51.5 Å². The van der Waals surface area contributed by atoms with Gasteiger partial charge in [0.1, 0.15) is 5.60 Å². The fourth-order valence-electron chi connectivity index (χ4n) is 3.15. The van der Waals surface area contributed by atoms with E-state index in [1.165, 1.54) is 25.7 Å². The molecule has 0 aliphatic carbocycles. The highest BCUT2D eigenvalue weighted by atomic mass is 16.8. The van der Waals surface area contributed by atoms with Crippen molar-refractivity contribution in [2.75, 3.05) is 32.7 Å². The van der Waals surface area contributed by atoms with Gasteiger partial charge in [0.2, 0.25) is 0 Å². The van der Waals surface area contributed by atoms with Crippen LogP contribution in [-0.2, 0) is 4.84 Å². The third kappa shape index (κ3) is 5.67. The van der Waals surface area contributed by atoms with E-state index in [1.807, 2.05) is 0 Å². The zero-order chi connectivity index (χ0) is 18.2. The molecule has 1 aliphatic rings. The number of hydrogen-bond donors (Lipinski definition) is 0. The van der Waals surface area contributed by atoms with Gasteiger partial charge in [0.15, 0.2) is 0 Å². The predicted molar refractivity (Wildman–Crippen MR) is 102 cm³/mol. The van der Waals surface area contributed by atoms with Crippen LogP contribution >= 0.6 is 0 Å². The smallest absolute Gasteiger partial charge is 0.103 e. The van der Waals surface area contributed by atoms with Gasteiger partial charge in [-0.15, -0.1) is 0 Å². The molecule has 1 unspecified atom stereocenters. The largest absolute Gasteiger partial charge is 0.301 e. The summed E-state index contributed by atoms with van der Waals surface area (Å²) in [5.74, 6) is 0. The molecular formula is C19H42N4O. The van der Waals surface area contributed by atoms with Crippen LogP contribution in [-0.4, -0.2) is 64.7 Å². The highest BCUT2D eigenvalue weighted by Gasteiger charge is 2.45. The third-order valence-corrected chi connectivity index (χ3v) is 5.29. The molecule has 0 aromatic heterocycles. The molecule has 5 nitrogen and oxygen atoms in total. The molecule has 0 aromatic rings. The lowest BCUT2D eigenvalue weighted by molar-refractivity contribution is -0.524. The van der Waals surface area contributed by atoms with Crippen molar-refractivity contribution in [1.82, 2.24) is 20.2 Å². The van der Waals surface area contributed by atoms with Gasteiger partial charge in [0, 0.05) is 19.6 Å².